The van der Waals surface area contributed by atoms with Crippen molar-refractivity contribution in [3.8, 4) is 0 Å². The number of thioether (sulfide) groups is 1. The Kier molecular flexibility index (Phi) is 4.86. The van der Waals surface area contributed by atoms with Crippen molar-refractivity contribution in [2.45, 2.75) is 31.1 Å². The van der Waals surface area contributed by atoms with Crippen LogP contribution in [0.2, 0.25) is 0 Å². The maximum atomic E-state index is 4.47. The average molecular weight is 401 g/mol. The van der Waals surface area contributed by atoms with E-state index in [-0.39, 0.29) is 6.04 Å². The quantitative estimate of drug-likeness (QED) is 0.381. The van der Waals surface area contributed by atoms with Crippen LogP contribution in [0, 0.1) is 6.92 Å². The first-order chi connectivity index (χ1) is 14.2. The Morgan fingerprint density at radius 1 is 1.10 bits per heavy atom. The van der Waals surface area contributed by atoms with Gasteiger partial charge >= 0.3 is 0 Å². The Hall–Kier alpha value is -2.63. The minimum absolute atomic E-state index is 0.200. The van der Waals surface area contributed by atoms with E-state index in [1.54, 1.807) is 11.8 Å². The Morgan fingerprint density at radius 2 is 1.93 bits per heavy atom. The van der Waals surface area contributed by atoms with Gasteiger partial charge in [0, 0.05) is 47.6 Å². The van der Waals surface area contributed by atoms with Gasteiger partial charge in [-0.15, -0.1) is 0 Å². The fraction of sp³-hybridized carbons (Fsp3) is 0.250. The summed E-state index contributed by atoms with van der Waals surface area (Å²) < 4.78 is 0. The molecule has 0 bridgehead atoms. The summed E-state index contributed by atoms with van der Waals surface area (Å²) in [6.45, 7) is 4.01. The number of hydrogen-bond acceptors (Lipinski definition) is 4. The molecule has 2 aromatic heterocycles. The lowest BCUT2D eigenvalue weighted by atomic mass is 9.91. The van der Waals surface area contributed by atoms with Gasteiger partial charge in [-0.1, -0.05) is 59.8 Å². The number of nitrogens with zero attached hydrogens (tertiary/aromatic N) is 3. The fourth-order valence-electron chi connectivity index (χ4n) is 4.44. The highest BCUT2D eigenvalue weighted by atomic mass is 32.2. The average Bonchev–Trinajstić information content (AvgIpc) is 3.12. The monoisotopic (exact) mass is 400 g/mol. The summed E-state index contributed by atoms with van der Waals surface area (Å²) >= 11 is 1.57. The van der Waals surface area contributed by atoms with Gasteiger partial charge in [0.25, 0.3) is 0 Å². The minimum Gasteiger partial charge on any atom is -0.357 e. The number of rotatable bonds is 4. The predicted molar refractivity (Wildman–Crippen MR) is 119 cm³/mol. The zero-order valence-electron chi connectivity index (χ0n) is 16.7. The van der Waals surface area contributed by atoms with Crippen molar-refractivity contribution in [1.29, 1.82) is 0 Å². The molecule has 3 heterocycles. The van der Waals surface area contributed by atoms with Crippen LogP contribution >= 0.6 is 11.8 Å². The SMILES string of the molecule is CSc1ncc(CN2CCc3c([nH]c4ccccc34)C2c2cccc(C)c2)cn1. The third-order valence-corrected chi connectivity index (χ3v) is 6.32. The second-order valence-corrected chi connectivity index (χ2v) is 8.45. The fourth-order valence-corrected chi connectivity index (χ4v) is 4.76. The Balaban J connectivity index is 1.58. The summed E-state index contributed by atoms with van der Waals surface area (Å²) in [6.07, 6.45) is 6.98. The summed E-state index contributed by atoms with van der Waals surface area (Å²) in [5.41, 5.74) is 7.78. The number of aromatic amines is 1. The van der Waals surface area contributed by atoms with Crippen molar-refractivity contribution in [2.75, 3.05) is 12.8 Å². The smallest absolute Gasteiger partial charge is 0.187 e. The second-order valence-electron chi connectivity index (χ2n) is 7.68. The molecular formula is C24H24N4S. The molecule has 2 aromatic carbocycles. The molecule has 0 saturated heterocycles. The van der Waals surface area contributed by atoms with Crippen LogP contribution in [0.15, 0.2) is 66.1 Å². The van der Waals surface area contributed by atoms with Gasteiger partial charge in [-0.2, -0.15) is 0 Å². The first kappa shape index (κ1) is 18.4. The lowest BCUT2D eigenvalue weighted by Gasteiger charge is -2.36. The highest BCUT2D eigenvalue weighted by molar-refractivity contribution is 7.98. The van der Waals surface area contributed by atoms with Crippen molar-refractivity contribution >= 4 is 22.7 Å². The predicted octanol–water partition coefficient (Wildman–Crippen LogP) is 5.14. The molecular weight excluding hydrogens is 376 g/mol. The molecule has 1 atom stereocenters. The van der Waals surface area contributed by atoms with Crippen LogP contribution in [0.25, 0.3) is 10.9 Å². The molecule has 5 rings (SSSR count). The molecule has 4 aromatic rings. The van der Waals surface area contributed by atoms with Gasteiger partial charge in [-0.25, -0.2) is 9.97 Å². The molecule has 0 saturated carbocycles. The number of hydrogen-bond donors (Lipinski definition) is 1. The second kappa shape index (κ2) is 7.65. The van der Waals surface area contributed by atoms with Crippen molar-refractivity contribution in [1.82, 2.24) is 19.9 Å². The van der Waals surface area contributed by atoms with E-state index in [0.29, 0.717) is 0 Å². The van der Waals surface area contributed by atoms with Crippen LogP contribution in [-0.4, -0.2) is 32.7 Å². The Bertz CT molecular complexity index is 1150. The van der Waals surface area contributed by atoms with E-state index in [4.69, 9.17) is 0 Å². The molecule has 0 radical (unpaired) electrons. The van der Waals surface area contributed by atoms with Gasteiger partial charge in [0.1, 0.15) is 0 Å². The highest BCUT2D eigenvalue weighted by Gasteiger charge is 2.31. The van der Waals surface area contributed by atoms with Crippen LogP contribution in [0.5, 0.6) is 0 Å². The van der Waals surface area contributed by atoms with Crippen LogP contribution in [0.1, 0.15) is 34.0 Å². The van der Waals surface area contributed by atoms with Crippen molar-refractivity contribution < 1.29 is 0 Å². The summed E-state index contributed by atoms with van der Waals surface area (Å²) in [5.74, 6) is 0. The van der Waals surface area contributed by atoms with E-state index in [1.165, 1.54) is 33.3 Å². The molecule has 5 heteroatoms. The zero-order valence-corrected chi connectivity index (χ0v) is 17.5. The Labute approximate surface area is 175 Å². The normalized spacial score (nSPS) is 16.8. The topological polar surface area (TPSA) is 44.8 Å². The maximum Gasteiger partial charge on any atom is 0.187 e. The molecule has 1 aliphatic heterocycles. The molecule has 1 unspecified atom stereocenters. The molecule has 29 heavy (non-hydrogen) atoms. The van der Waals surface area contributed by atoms with E-state index in [2.05, 4.69) is 75.3 Å². The number of nitrogens with one attached hydrogen (secondary N) is 1. The van der Waals surface area contributed by atoms with Gasteiger partial charge in [0.2, 0.25) is 0 Å². The summed E-state index contributed by atoms with van der Waals surface area (Å²) in [5, 5.41) is 2.17. The van der Waals surface area contributed by atoms with Gasteiger partial charge in [-0.3, -0.25) is 4.90 Å². The van der Waals surface area contributed by atoms with Crippen LogP contribution < -0.4 is 0 Å². The maximum absolute atomic E-state index is 4.47. The lowest BCUT2D eigenvalue weighted by Crippen LogP contribution is -2.35. The summed E-state index contributed by atoms with van der Waals surface area (Å²) in [4.78, 5) is 15.2. The standard InChI is InChI=1S/C24H24N4S/c1-16-6-5-7-18(12-16)23-22-20(19-8-3-4-9-21(19)27-22)10-11-28(23)15-17-13-25-24(29-2)26-14-17/h3-9,12-14,23,27H,10-11,15H2,1-2H3. The van der Waals surface area contributed by atoms with Crippen LogP contribution in [-0.2, 0) is 13.0 Å². The number of aryl methyl sites for hydroxylation is 1. The molecule has 1 aliphatic rings. The summed E-state index contributed by atoms with van der Waals surface area (Å²) in [6, 6.07) is 17.7. The molecule has 146 valence electrons. The van der Waals surface area contributed by atoms with E-state index in [0.717, 1.165) is 30.2 Å². The van der Waals surface area contributed by atoms with Crippen molar-refractivity contribution in [3.05, 3.63) is 88.9 Å². The third kappa shape index (κ3) is 3.45. The zero-order chi connectivity index (χ0) is 19.8. The summed E-state index contributed by atoms with van der Waals surface area (Å²) in [7, 11) is 0. The first-order valence-electron chi connectivity index (χ1n) is 9.98. The number of H-pyrrole nitrogens is 1. The molecule has 0 fully saturated rings. The number of aromatic nitrogens is 3. The van der Waals surface area contributed by atoms with Gasteiger partial charge in [0.05, 0.1) is 6.04 Å². The van der Waals surface area contributed by atoms with Crippen molar-refractivity contribution in [3.63, 3.8) is 0 Å². The Morgan fingerprint density at radius 3 is 2.72 bits per heavy atom. The van der Waals surface area contributed by atoms with Gasteiger partial charge < -0.3 is 4.98 Å². The van der Waals surface area contributed by atoms with Crippen LogP contribution in [0.3, 0.4) is 0 Å². The van der Waals surface area contributed by atoms with Crippen LogP contribution in [0.4, 0.5) is 0 Å². The molecule has 4 nitrogen and oxygen atoms in total. The number of benzene rings is 2. The first-order valence-corrected chi connectivity index (χ1v) is 11.2. The number of fused-ring (bicyclic) bond motifs is 3. The van der Waals surface area contributed by atoms with E-state index >= 15 is 0 Å². The largest absolute Gasteiger partial charge is 0.357 e. The van der Waals surface area contributed by atoms with Crippen molar-refractivity contribution in [2.24, 2.45) is 0 Å². The van der Waals surface area contributed by atoms with E-state index in [1.807, 2.05) is 18.6 Å². The number of para-hydroxylation sites is 1. The van der Waals surface area contributed by atoms with E-state index < -0.39 is 0 Å². The molecule has 1 N–H and O–H groups in total. The molecule has 0 spiro atoms. The molecule has 0 amide bonds. The highest BCUT2D eigenvalue weighted by Crippen LogP contribution is 2.39. The lowest BCUT2D eigenvalue weighted by molar-refractivity contribution is 0.201. The minimum atomic E-state index is 0.200. The van der Waals surface area contributed by atoms with E-state index in [9.17, 15) is 0 Å². The molecule has 0 aliphatic carbocycles. The van der Waals surface area contributed by atoms with Gasteiger partial charge in [0.15, 0.2) is 5.16 Å². The third-order valence-electron chi connectivity index (χ3n) is 5.74. The van der Waals surface area contributed by atoms with Gasteiger partial charge in [-0.05, 0) is 36.8 Å².